The Bertz CT molecular complexity index is 900. The number of phosphoric ester groups is 1. The Morgan fingerprint density at radius 2 is 1.94 bits per heavy atom. The molecule has 32 heavy (non-hydrogen) atoms. The molecule has 3 saturated carbocycles. The van der Waals surface area contributed by atoms with E-state index >= 15 is 0 Å². The largest absolute Gasteiger partial charge is 1.00 e. The molecule has 0 aromatic heterocycles. The van der Waals surface area contributed by atoms with Gasteiger partial charge in [0.25, 0.3) is 0 Å². The van der Waals surface area contributed by atoms with Crippen molar-refractivity contribution in [2.45, 2.75) is 57.7 Å². The molecule has 4 unspecified atom stereocenters. The van der Waals surface area contributed by atoms with Crippen molar-refractivity contribution in [3.05, 3.63) is 23.8 Å². The molecule has 8 nitrogen and oxygen atoms in total. The monoisotopic (exact) mass is 484 g/mol. The zero-order valence-corrected chi connectivity index (χ0v) is 24.0. The standard InChI is InChI=1S/C21H29O8P.2Na/c1-19-7-5-13(22)9-12(19)3-4-14-15-6-8-21(25,17(24)11-29-30(26,27)28)20(15,2)10-16(23)18(14)19;;/h5,7,9,14-16,18,23,25H,3-4,6,8,10-11H2,1-2H3,(H2,26,27,28);;/q;2*+1/p-2/t14?,15?,16?,18?,19-,20-,21-;;/m1../s1. The van der Waals surface area contributed by atoms with Gasteiger partial charge >= 0.3 is 59.1 Å². The number of Topliss-reactive ketones (excluding diaryl/α,β-unsaturated/α-hetero) is 1. The predicted octanol–water partition coefficient (Wildman–Crippen LogP) is -5.58. The maximum absolute atomic E-state index is 12.8. The molecule has 0 heterocycles. The van der Waals surface area contributed by atoms with Crippen LogP contribution in [-0.4, -0.2) is 40.1 Å². The van der Waals surface area contributed by atoms with Gasteiger partial charge in [0.15, 0.2) is 11.6 Å². The molecule has 0 bridgehead atoms. The molecule has 0 radical (unpaired) electrons. The van der Waals surface area contributed by atoms with Gasteiger partial charge in [0.2, 0.25) is 0 Å². The van der Waals surface area contributed by atoms with Crippen molar-refractivity contribution in [2.75, 3.05) is 6.61 Å². The third-order valence-corrected chi connectivity index (χ3v) is 8.91. The molecule has 4 aliphatic rings. The summed E-state index contributed by atoms with van der Waals surface area (Å²) in [7, 11) is -5.34. The van der Waals surface area contributed by atoms with Crippen molar-refractivity contribution in [3.63, 3.8) is 0 Å². The molecule has 4 rings (SSSR count). The van der Waals surface area contributed by atoms with E-state index in [1.54, 1.807) is 19.1 Å². The van der Waals surface area contributed by atoms with Crippen LogP contribution in [0.4, 0.5) is 0 Å². The molecule has 3 fully saturated rings. The normalized spacial score (nSPS) is 42.6. The van der Waals surface area contributed by atoms with Gasteiger partial charge in [-0.2, -0.15) is 0 Å². The number of aliphatic hydroxyl groups excluding tert-OH is 1. The van der Waals surface area contributed by atoms with Gasteiger partial charge < -0.3 is 29.1 Å². The van der Waals surface area contributed by atoms with Crippen molar-refractivity contribution >= 4 is 19.4 Å². The molecule has 0 aliphatic heterocycles. The SMILES string of the molecule is C[C@@]12C=CC(=O)C=C1CCC1C2C(O)C[C@]2(C)C1CC[C@@]2(O)C(=O)COP(=O)([O-])[O-].[Na+].[Na+]. The fraction of sp³-hybridized carbons (Fsp3) is 0.714. The van der Waals surface area contributed by atoms with E-state index in [0.717, 1.165) is 12.0 Å². The molecule has 0 saturated heterocycles. The maximum Gasteiger partial charge on any atom is 1.00 e. The number of phosphoric acid groups is 1. The molecule has 0 spiro atoms. The first-order valence-electron chi connectivity index (χ1n) is 10.4. The number of fused-ring (bicyclic) bond motifs is 5. The van der Waals surface area contributed by atoms with Gasteiger partial charge in [-0.25, -0.2) is 0 Å². The summed E-state index contributed by atoms with van der Waals surface area (Å²) in [6.45, 7) is 2.80. The maximum atomic E-state index is 12.8. The Morgan fingerprint density at radius 3 is 2.56 bits per heavy atom. The topological polar surface area (TPSA) is 147 Å². The number of aliphatic hydroxyl groups is 2. The van der Waals surface area contributed by atoms with Gasteiger partial charge in [-0.15, -0.1) is 0 Å². The molecular formula is C21H27Na2O8P. The van der Waals surface area contributed by atoms with Crippen molar-refractivity contribution < 1.29 is 97.8 Å². The van der Waals surface area contributed by atoms with Gasteiger partial charge in [-0.1, -0.05) is 25.5 Å². The molecule has 7 atom stereocenters. The van der Waals surface area contributed by atoms with Crippen LogP contribution >= 0.6 is 7.82 Å². The summed E-state index contributed by atoms with van der Waals surface area (Å²) in [6.07, 6.45) is 6.56. The van der Waals surface area contributed by atoms with E-state index in [9.17, 15) is 34.2 Å². The van der Waals surface area contributed by atoms with E-state index in [4.69, 9.17) is 0 Å². The fourth-order valence-electron chi connectivity index (χ4n) is 7.05. The van der Waals surface area contributed by atoms with Gasteiger partial charge in [0.1, 0.15) is 12.2 Å². The summed E-state index contributed by atoms with van der Waals surface area (Å²) >= 11 is 0. The number of allylic oxidation sites excluding steroid dienone is 4. The smallest absolute Gasteiger partial charge is 0.790 e. The summed E-state index contributed by atoms with van der Waals surface area (Å²) in [4.78, 5) is 46.2. The van der Waals surface area contributed by atoms with E-state index in [-0.39, 0.29) is 95.5 Å². The Balaban J connectivity index is 0.00000181. The van der Waals surface area contributed by atoms with E-state index in [2.05, 4.69) is 4.52 Å². The second-order valence-electron chi connectivity index (χ2n) is 9.75. The van der Waals surface area contributed by atoms with Crippen LogP contribution in [0.2, 0.25) is 0 Å². The summed E-state index contributed by atoms with van der Waals surface area (Å²) in [5, 5.41) is 22.6. The Labute approximate surface area is 232 Å². The van der Waals surface area contributed by atoms with Crippen LogP contribution in [0.25, 0.3) is 0 Å². The first-order chi connectivity index (χ1) is 13.8. The Morgan fingerprint density at radius 1 is 1.28 bits per heavy atom. The predicted molar refractivity (Wildman–Crippen MR) is 102 cm³/mol. The van der Waals surface area contributed by atoms with E-state index < -0.39 is 42.7 Å². The first kappa shape index (κ1) is 29.1. The van der Waals surface area contributed by atoms with Crippen LogP contribution in [0.5, 0.6) is 0 Å². The third kappa shape index (κ3) is 4.54. The average Bonchev–Trinajstić information content (AvgIpc) is 2.91. The van der Waals surface area contributed by atoms with E-state index in [1.807, 2.05) is 13.0 Å². The average molecular weight is 484 g/mol. The molecule has 2 N–H and O–H groups in total. The number of ketones is 2. The molecule has 0 amide bonds. The van der Waals surface area contributed by atoms with Crippen molar-refractivity contribution in [1.29, 1.82) is 0 Å². The van der Waals surface area contributed by atoms with Crippen LogP contribution in [-0.2, 0) is 18.7 Å². The van der Waals surface area contributed by atoms with Crippen molar-refractivity contribution in [3.8, 4) is 0 Å². The minimum atomic E-state index is -5.34. The van der Waals surface area contributed by atoms with Crippen LogP contribution < -0.4 is 68.9 Å². The molecule has 0 aromatic rings. The Kier molecular flexibility index (Phi) is 8.83. The van der Waals surface area contributed by atoms with Crippen LogP contribution in [0, 0.1) is 28.6 Å². The summed E-state index contributed by atoms with van der Waals surface area (Å²) < 4.78 is 14.9. The second kappa shape index (κ2) is 9.72. The minimum absolute atomic E-state index is 0. The van der Waals surface area contributed by atoms with Gasteiger partial charge in [-0.3, -0.25) is 9.59 Å². The number of carbonyl (C=O) groups excluding carboxylic acids is 2. The van der Waals surface area contributed by atoms with Crippen LogP contribution in [0.1, 0.15) is 46.0 Å². The quantitative estimate of drug-likeness (QED) is 0.297. The molecule has 4 aliphatic carbocycles. The molecule has 11 heteroatoms. The van der Waals surface area contributed by atoms with Gasteiger partial charge in [0.05, 0.1) is 13.9 Å². The first-order valence-corrected chi connectivity index (χ1v) is 11.8. The number of rotatable bonds is 4. The zero-order chi connectivity index (χ0) is 22.1. The fourth-order valence-corrected chi connectivity index (χ4v) is 7.32. The van der Waals surface area contributed by atoms with Gasteiger partial charge in [0, 0.05) is 16.7 Å². The van der Waals surface area contributed by atoms with Gasteiger partial charge in [-0.05, 0) is 56.1 Å². The van der Waals surface area contributed by atoms with E-state index in [0.29, 0.717) is 12.8 Å². The van der Waals surface area contributed by atoms with Crippen molar-refractivity contribution in [2.24, 2.45) is 28.6 Å². The minimum Gasteiger partial charge on any atom is -0.790 e. The summed E-state index contributed by atoms with van der Waals surface area (Å²) in [5.41, 5.74) is -2.27. The van der Waals surface area contributed by atoms with Crippen LogP contribution in [0.3, 0.4) is 0 Å². The number of carbonyl (C=O) groups is 2. The Hall–Kier alpha value is 0.850. The summed E-state index contributed by atoms with van der Waals surface area (Å²) in [6, 6.07) is 0. The summed E-state index contributed by atoms with van der Waals surface area (Å²) in [5.74, 6) is -1.05. The van der Waals surface area contributed by atoms with Crippen molar-refractivity contribution in [1.82, 2.24) is 0 Å². The molecule has 166 valence electrons. The molecular weight excluding hydrogens is 457 g/mol. The second-order valence-corrected chi connectivity index (χ2v) is 10.9. The molecule has 0 aromatic carbocycles. The van der Waals surface area contributed by atoms with E-state index in [1.165, 1.54) is 0 Å². The van der Waals surface area contributed by atoms with Crippen LogP contribution in [0.15, 0.2) is 23.8 Å². The number of hydrogen-bond acceptors (Lipinski definition) is 8. The number of hydrogen-bond donors (Lipinski definition) is 2. The zero-order valence-electron chi connectivity index (χ0n) is 19.1. The third-order valence-electron chi connectivity index (χ3n) is 8.46.